The molecule has 0 bridgehead atoms. The van der Waals surface area contributed by atoms with Gasteiger partial charge >= 0.3 is 18.2 Å². The molecule has 190 valence electrons. The van der Waals surface area contributed by atoms with Crippen molar-refractivity contribution < 1.29 is 33.7 Å². The van der Waals surface area contributed by atoms with Crippen LogP contribution >= 0.6 is 0 Å². The minimum atomic E-state index is -1.02. The fraction of sp³-hybridized carbons (Fsp3) is 0.440. The summed E-state index contributed by atoms with van der Waals surface area (Å²) in [7, 11) is 0. The highest BCUT2D eigenvalue weighted by Gasteiger charge is 2.20. The second-order valence-electron chi connectivity index (χ2n) is 9.14. The Labute approximate surface area is 205 Å². The van der Waals surface area contributed by atoms with Gasteiger partial charge in [0.05, 0.1) is 6.10 Å². The fourth-order valence-corrected chi connectivity index (χ4v) is 2.97. The topological polar surface area (TPSA) is 136 Å². The molecule has 35 heavy (non-hydrogen) atoms. The first-order valence-corrected chi connectivity index (χ1v) is 11.2. The molecule has 10 nitrogen and oxygen atoms in total. The lowest BCUT2D eigenvalue weighted by Crippen LogP contribution is -2.29. The number of carbonyl (C=O) groups excluding carboxylic acids is 2. The van der Waals surface area contributed by atoms with Crippen molar-refractivity contribution >= 4 is 24.0 Å². The van der Waals surface area contributed by atoms with Crippen molar-refractivity contribution in [3.05, 3.63) is 59.3 Å². The quantitative estimate of drug-likeness (QED) is 0.452. The first-order valence-electron chi connectivity index (χ1n) is 11.2. The van der Waals surface area contributed by atoms with Crippen LogP contribution in [0, 0.1) is 0 Å². The molecule has 0 aliphatic heterocycles. The maximum Gasteiger partial charge on any atom is 0.413 e. The number of carboxylic acid groups (broad SMARTS) is 1. The third kappa shape index (κ3) is 10.9. The number of nitrogens with one attached hydrogen (secondary N) is 2. The van der Waals surface area contributed by atoms with Crippen molar-refractivity contribution in [2.24, 2.45) is 0 Å². The third-order valence-corrected chi connectivity index (χ3v) is 4.38. The van der Waals surface area contributed by atoms with E-state index in [0.717, 1.165) is 11.1 Å². The number of nitrogens with zero attached hydrogens (tertiary/aromatic N) is 1. The highest BCUT2D eigenvalue weighted by molar-refractivity contribution is 5.83. The van der Waals surface area contributed by atoms with Crippen LogP contribution in [-0.2, 0) is 38.6 Å². The number of carboxylic acids is 1. The van der Waals surface area contributed by atoms with E-state index in [2.05, 4.69) is 15.6 Å². The van der Waals surface area contributed by atoms with E-state index in [1.54, 1.807) is 52.8 Å². The SMILES string of the molecule is CC(C)O[C@@H](Cc1cccc(CNC(=O)OCc2ccc(NC(=O)OC(C)(C)C)nc2)c1)C(=O)O. The van der Waals surface area contributed by atoms with E-state index >= 15 is 0 Å². The Balaban J connectivity index is 1.80. The van der Waals surface area contributed by atoms with Crippen LogP contribution in [-0.4, -0.2) is 46.1 Å². The smallest absolute Gasteiger partial charge is 0.413 e. The van der Waals surface area contributed by atoms with Crippen LogP contribution in [0.4, 0.5) is 15.4 Å². The molecule has 1 heterocycles. The maximum absolute atomic E-state index is 12.1. The highest BCUT2D eigenvalue weighted by atomic mass is 16.6. The number of aliphatic carboxylic acids is 1. The lowest BCUT2D eigenvalue weighted by Gasteiger charge is -2.19. The highest BCUT2D eigenvalue weighted by Crippen LogP contribution is 2.13. The molecule has 2 rings (SSSR count). The summed E-state index contributed by atoms with van der Waals surface area (Å²) >= 11 is 0. The largest absolute Gasteiger partial charge is 0.479 e. The Bertz CT molecular complexity index is 1000. The number of ether oxygens (including phenoxy) is 3. The molecule has 0 radical (unpaired) electrons. The van der Waals surface area contributed by atoms with Crippen LogP contribution < -0.4 is 10.6 Å². The molecule has 2 amide bonds. The second kappa shape index (κ2) is 12.7. The number of hydrogen-bond donors (Lipinski definition) is 3. The number of pyridine rings is 1. The standard InChI is InChI=1S/C25H33N3O7/c1-16(2)34-20(22(29)30)12-17-7-6-8-18(11-17)13-27-23(31)33-15-19-9-10-21(26-14-19)28-24(32)35-25(3,4)5/h6-11,14,16,20H,12-13,15H2,1-5H3,(H,27,31)(H,29,30)(H,26,28,32)/t20-/m0/s1. The van der Waals surface area contributed by atoms with E-state index in [0.29, 0.717) is 11.4 Å². The van der Waals surface area contributed by atoms with Crippen LogP contribution in [0.3, 0.4) is 0 Å². The number of benzene rings is 1. The number of aromatic nitrogens is 1. The van der Waals surface area contributed by atoms with Crippen LogP contribution in [0.2, 0.25) is 0 Å². The Morgan fingerprint density at radius 2 is 1.74 bits per heavy atom. The van der Waals surface area contributed by atoms with Gasteiger partial charge in [0.2, 0.25) is 0 Å². The van der Waals surface area contributed by atoms with Crippen LogP contribution in [0.25, 0.3) is 0 Å². The van der Waals surface area contributed by atoms with Crippen molar-refractivity contribution in [3.63, 3.8) is 0 Å². The molecule has 3 N–H and O–H groups in total. The molecule has 1 atom stereocenters. The third-order valence-electron chi connectivity index (χ3n) is 4.38. The summed E-state index contributed by atoms with van der Waals surface area (Å²) in [5.74, 6) is -0.704. The monoisotopic (exact) mass is 487 g/mol. The molecule has 0 aliphatic rings. The molecule has 10 heteroatoms. The van der Waals surface area contributed by atoms with Gasteiger partial charge in [-0.15, -0.1) is 0 Å². The molecular weight excluding hydrogens is 454 g/mol. The average molecular weight is 488 g/mol. The van der Waals surface area contributed by atoms with Gasteiger partial charge in [-0.2, -0.15) is 0 Å². The van der Waals surface area contributed by atoms with E-state index in [1.807, 2.05) is 18.2 Å². The van der Waals surface area contributed by atoms with Crippen molar-refractivity contribution in [2.75, 3.05) is 5.32 Å². The van der Waals surface area contributed by atoms with Crippen molar-refractivity contribution in [1.82, 2.24) is 10.3 Å². The van der Waals surface area contributed by atoms with E-state index < -0.39 is 29.9 Å². The minimum Gasteiger partial charge on any atom is -0.479 e. The van der Waals surface area contributed by atoms with Gasteiger partial charge in [-0.1, -0.05) is 30.3 Å². The number of amides is 2. The zero-order valence-electron chi connectivity index (χ0n) is 20.7. The van der Waals surface area contributed by atoms with Gasteiger partial charge in [0.15, 0.2) is 6.10 Å². The molecule has 1 aromatic heterocycles. The van der Waals surface area contributed by atoms with Gasteiger partial charge in [-0.05, 0) is 51.8 Å². The lowest BCUT2D eigenvalue weighted by molar-refractivity contribution is -0.153. The van der Waals surface area contributed by atoms with Gasteiger partial charge in [-0.25, -0.2) is 19.4 Å². The zero-order chi connectivity index (χ0) is 26.0. The van der Waals surface area contributed by atoms with Crippen LogP contribution in [0.15, 0.2) is 42.6 Å². The average Bonchev–Trinajstić information content (AvgIpc) is 2.75. The molecule has 2 aromatic rings. The van der Waals surface area contributed by atoms with E-state index in [9.17, 15) is 19.5 Å². The normalized spacial score (nSPS) is 12.1. The first-order chi connectivity index (χ1) is 16.4. The zero-order valence-corrected chi connectivity index (χ0v) is 20.7. The Kier molecular flexibility index (Phi) is 10.0. The molecule has 1 aromatic carbocycles. The van der Waals surface area contributed by atoms with E-state index in [-0.39, 0.29) is 25.7 Å². The van der Waals surface area contributed by atoms with Gasteiger partial charge < -0.3 is 24.6 Å². The number of hydrogen-bond acceptors (Lipinski definition) is 7. The van der Waals surface area contributed by atoms with Gasteiger partial charge in [-0.3, -0.25) is 5.32 Å². The summed E-state index contributed by atoms with van der Waals surface area (Å²) in [5.41, 5.74) is 1.61. The summed E-state index contributed by atoms with van der Waals surface area (Å²) in [4.78, 5) is 39.4. The first kappa shape index (κ1) is 27.6. The molecule has 0 unspecified atom stereocenters. The number of rotatable bonds is 10. The van der Waals surface area contributed by atoms with Gasteiger partial charge in [0, 0.05) is 24.7 Å². The van der Waals surface area contributed by atoms with Crippen molar-refractivity contribution in [1.29, 1.82) is 0 Å². The van der Waals surface area contributed by atoms with E-state index in [4.69, 9.17) is 14.2 Å². The summed E-state index contributed by atoms with van der Waals surface area (Å²) in [6, 6.07) is 10.5. The summed E-state index contributed by atoms with van der Waals surface area (Å²) in [6.45, 7) is 9.07. The second-order valence-corrected chi connectivity index (χ2v) is 9.14. The lowest BCUT2D eigenvalue weighted by atomic mass is 10.0. The summed E-state index contributed by atoms with van der Waals surface area (Å²) in [5, 5.41) is 14.5. The molecule has 0 aliphatic carbocycles. The van der Waals surface area contributed by atoms with Crippen LogP contribution in [0.1, 0.15) is 51.3 Å². The minimum absolute atomic E-state index is 0.00156. The molecular formula is C25H33N3O7. The Hall–Kier alpha value is -3.66. The van der Waals surface area contributed by atoms with Crippen molar-refractivity contribution in [2.45, 2.75) is 72.0 Å². The predicted octanol–water partition coefficient (Wildman–Crippen LogP) is 4.28. The maximum atomic E-state index is 12.1. The number of carbonyl (C=O) groups is 3. The Morgan fingerprint density at radius 3 is 2.34 bits per heavy atom. The van der Waals surface area contributed by atoms with Crippen LogP contribution in [0.5, 0.6) is 0 Å². The van der Waals surface area contributed by atoms with E-state index in [1.165, 1.54) is 6.20 Å². The molecule has 0 fully saturated rings. The molecule has 0 saturated carbocycles. The summed E-state index contributed by atoms with van der Waals surface area (Å²) in [6.07, 6.45) is -0.661. The number of anilines is 1. The fourth-order valence-electron chi connectivity index (χ4n) is 2.97. The van der Waals surface area contributed by atoms with Gasteiger partial charge in [0.25, 0.3) is 0 Å². The molecule has 0 spiro atoms. The van der Waals surface area contributed by atoms with Crippen molar-refractivity contribution in [3.8, 4) is 0 Å². The summed E-state index contributed by atoms with van der Waals surface area (Å²) < 4.78 is 15.8. The molecule has 0 saturated heterocycles. The Morgan fingerprint density at radius 1 is 1.03 bits per heavy atom. The predicted molar refractivity (Wildman–Crippen MR) is 129 cm³/mol. The van der Waals surface area contributed by atoms with Gasteiger partial charge in [0.1, 0.15) is 18.0 Å². The number of alkyl carbamates (subject to hydrolysis) is 1.